The first-order valence-corrected chi connectivity index (χ1v) is 8.08. The molecule has 0 atom stereocenters. The van der Waals surface area contributed by atoms with Crippen LogP contribution >= 0.6 is 0 Å². The summed E-state index contributed by atoms with van der Waals surface area (Å²) >= 11 is 0. The van der Waals surface area contributed by atoms with Crippen molar-refractivity contribution in [2.24, 2.45) is 10.6 Å². The van der Waals surface area contributed by atoms with Gasteiger partial charge in [0.05, 0.1) is 7.11 Å². The molecule has 0 aliphatic carbocycles. The van der Waals surface area contributed by atoms with E-state index in [1.54, 1.807) is 0 Å². The number of hydrogen-bond donors (Lipinski definition) is 2. The first-order chi connectivity index (χ1) is 9.54. The molecule has 1 aromatic carbocycles. The first kappa shape index (κ1) is 17.5. The molecule has 0 aliphatic heterocycles. The van der Waals surface area contributed by atoms with Crippen molar-refractivity contribution in [2.45, 2.75) is 32.1 Å². The van der Waals surface area contributed by atoms with Crippen LogP contribution in [0.25, 0.3) is 0 Å². The summed E-state index contributed by atoms with van der Waals surface area (Å²) in [5.41, 5.74) is 0.340. The third-order valence-corrected chi connectivity index (χ3v) is 3.82. The number of rotatable bonds is 5. The van der Waals surface area contributed by atoms with Crippen molar-refractivity contribution in [2.75, 3.05) is 13.7 Å². The number of carbonyl (C=O) groups is 1. The molecule has 0 aromatic heterocycles. The summed E-state index contributed by atoms with van der Waals surface area (Å²) < 4.78 is 27.9. The largest absolute Gasteiger partial charge is 0.495 e. The third-order valence-electron chi connectivity index (χ3n) is 2.89. The predicted molar refractivity (Wildman–Crippen MR) is 80.8 cm³/mol. The molecule has 0 aliphatic rings. The van der Waals surface area contributed by atoms with Gasteiger partial charge in [-0.05, 0) is 30.0 Å². The number of primary sulfonamides is 1. The molecule has 0 fully saturated rings. The highest BCUT2D eigenvalue weighted by Crippen LogP contribution is 2.23. The van der Waals surface area contributed by atoms with Crippen molar-refractivity contribution < 1.29 is 17.9 Å². The Balaban J connectivity index is 2.92. The van der Waals surface area contributed by atoms with Crippen LogP contribution in [0.4, 0.5) is 0 Å². The number of nitrogens with two attached hydrogens (primary N) is 1. The average molecular weight is 314 g/mol. The van der Waals surface area contributed by atoms with E-state index in [1.807, 2.05) is 0 Å². The van der Waals surface area contributed by atoms with Gasteiger partial charge in [0.1, 0.15) is 10.6 Å². The molecule has 0 saturated heterocycles. The van der Waals surface area contributed by atoms with E-state index < -0.39 is 10.0 Å². The third kappa shape index (κ3) is 5.35. The maximum Gasteiger partial charge on any atom is 0.251 e. The van der Waals surface area contributed by atoms with E-state index in [9.17, 15) is 13.2 Å². The van der Waals surface area contributed by atoms with Gasteiger partial charge >= 0.3 is 0 Å². The highest BCUT2D eigenvalue weighted by atomic mass is 32.2. The van der Waals surface area contributed by atoms with Crippen LogP contribution in [0, 0.1) is 5.41 Å². The Morgan fingerprint density at radius 2 is 1.95 bits per heavy atom. The molecule has 0 bridgehead atoms. The van der Waals surface area contributed by atoms with Gasteiger partial charge in [-0.25, -0.2) is 13.6 Å². The van der Waals surface area contributed by atoms with Crippen LogP contribution in [-0.2, 0) is 10.0 Å². The lowest BCUT2D eigenvalue weighted by atomic mass is 9.92. The summed E-state index contributed by atoms with van der Waals surface area (Å²) in [6.45, 7) is 6.74. The van der Waals surface area contributed by atoms with Gasteiger partial charge in [0.15, 0.2) is 0 Å². The number of carbonyl (C=O) groups excluding carboxylic acids is 1. The van der Waals surface area contributed by atoms with Gasteiger partial charge in [-0.1, -0.05) is 20.8 Å². The number of ether oxygens (including phenoxy) is 1. The molecular weight excluding hydrogens is 292 g/mol. The van der Waals surface area contributed by atoms with E-state index >= 15 is 0 Å². The monoisotopic (exact) mass is 314 g/mol. The number of sulfonamides is 1. The first-order valence-electron chi connectivity index (χ1n) is 6.53. The lowest BCUT2D eigenvalue weighted by molar-refractivity contribution is 0.0949. The van der Waals surface area contributed by atoms with Gasteiger partial charge in [-0.3, -0.25) is 4.79 Å². The Bertz CT molecular complexity index is 618. The summed E-state index contributed by atoms with van der Waals surface area (Å²) in [5, 5.41) is 7.88. The SMILES string of the molecule is COc1ccc(C(=O)NCCC(C)(C)C)cc1S(N)(=O)=O. The zero-order valence-electron chi connectivity index (χ0n) is 12.8. The minimum absolute atomic E-state index is 0.110. The van der Waals surface area contributed by atoms with Crippen LogP contribution in [0.2, 0.25) is 0 Å². The van der Waals surface area contributed by atoms with Crippen molar-refractivity contribution in [3.63, 3.8) is 0 Å². The molecule has 0 heterocycles. The Hall–Kier alpha value is -1.60. The second-order valence-corrected chi connectivity index (χ2v) is 7.51. The van der Waals surface area contributed by atoms with Crippen molar-refractivity contribution in [3.05, 3.63) is 23.8 Å². The van der Waals surface area contributed by atoms with Crippen molar-refractivity contribution >= 4 is 15.9 Å². The highest BCUT2D eigenvalue weighted by Gasteiger charge is 2.18. The maximum atomic E-state index is 12.0. The topological polar surface area (TPSA) is 98.5 Å². The molecule has 1 aromatic rings. The van der Waals surface area contributed by atoms with Crippen molar-refractivity contribution in [3.8, 4) is 5.75 Å². The highest BCUT2D eigenvalue weighted by molar-refractivity contribution is 7.89. The molecule has 0 unspecified atom stereocenters. The van der Waals surface area contributed by atoms with E-state index in [4.69, 9.17) is 9.88 Å². The Morgan fingerprint density at radius 3 is 2.43 bits per heavy atom. The zero-order valence-corrected chi connectivity index (χ0v) is 13.6. The van der Waals surface area contributed by atoms with E-state index in [2.05, 4.69) is 26.1 Å². The van der Waals surface area contributed by atoms with Gasteiger partial charge in [-0.15, -0.1) is 0 Å². The number of hydrogen-bond acceptors (Lipinski definition) is 4. The fraction of sp³-hybridized carbons (Fsp3) is 0.500. The smallest absolute Gasteiger partial charge is 0.251 e. The molecule has 6 nitrogen and oxygen atoms in total. The van der Waals surface area contributed by atoms with Gasteiger partial charge in [0, 0.05) is 12.1 Å². The average Bonchev–Trinajstić information content (AvgIpc) is 2.35. The molecule has 1 rings (SSSR count). The van der Waals surface area contributed by atoms with Crippen LogP contribution in [0.3, 0.4) is 0 Å². The second kappa shape index (κ2) is 6.44. The molecule has 7 heteroatoms. The number of amides is 1. The summed E-state index contributed by atoms with van der Waals surface area (Å²) in [4.78, 5) is 11.8. The lowest BCUT2D eigenvalue weighted by Crippen LogP contribution is -2.27. The molecular formula is C14H22N2O4S. The standard InChI is InChI=1S/C14H22N2O4S/c1-14(2,3)7-8-16-13(17)10-5-6-11(20-4)12(9-10)21(15,18)19/h5-6,9H,7-8H2,1-4H3,(H,16,17)(H2,15,18,19). The minimum Gasteiger partial charge on any atom is -0.495 e. The number of methoxy groups -OCH3 is 1. The van der Waals surface area contributed by atoms with Crippen LogP contribution in [0.15, 0.2) is 23.1 Å². The van der Waals surface area contributed by atoms with Gasteiger partial charge in [-0.2, -0.15) is 0 Å². The van der Waals surface area contributed by atoms with Gasteiger partial charge in [0.2, 0.25) is 10.0 Å². The molecule has 3 N–H and O–H groups in total. The minimum atomic E-state index is -3.95. The van der Waals surface area contributed by atoms with Crippen molar-refractivity contribution in [1.29, 1.82) is 0 Å². The van der Waals surface area contributed by atoms with Crippen LogP contribution < -0.4 is 15.2 Å². The van der Waals surface area contributed by atoms with Crippen LogP contribution in [0.5, 0.6) is 5.75 Å². The Morgan fingerprint density at radius 1 is 1.33 bits per heavy atom. The Kier molecular flexibility index (Phi) is 5.36. The predicted octanol–water partition coefficient (Wildman–Crippen LogP) is 1.51. The molecule has 21 heavy (non-hydrogen) atoms. The van der Waals surface area contributed by atoms with Crippen LogP contribution in [0.1, 0.15) is 37.6 Å². The fourth-order valence-corrected chi connectivity index (χ4v) is 2.42. The molecule has 1 amide bonds. The molecule has 0 radical (unpaired) electrons. The normalized spacial score (nSPS) is 12.0. The molecule has 0 spiro atoms. The summed E-state index contributed by atoms with van der Waals surface area (Å²) in [7, 11) is -2.61. The van der Waals surface area contributed by atoms with Gasteiger partial charge in [0.25, 0.3) is 5.91 Å². The van der Waals surface area contributed by atoms with E-state index in [0.29, 0.717) is 6.54 Å². The second-order valence-electron chi connectivity index (χ2n) is 5.98. The number of benzene rings is 1. The number of nitrogens with one attached hydrogen (secondary N) is 1. The molecule has 118 valence electrons. The Labute approximate surface area is 125 Å². The summed E-state index contributed by atoms with van der Waals surface area (Å²) in [5.74, 6) is -0.226. The summed E-state index contributed by atoms with van der Waals surface area (Å²) in [6.07, 6.45) is 0.816. The van der Waals surface area contributed by atoms with Gasteiger partial charge < -0.3 is 10.1 Å². The zero-order chi connectivity index (χ0) is 16.3. The maximum absolute atomic E-state index is 12.0. The lowest BCUT2D eigenvalue weighted by Gasteiger charge is -2.18. The van der Waals surface area contributed by atoms with Crippen molar-refractivity contribution in [1.82, 2.24) is 5.32 Å². The quantitative estimate of drug-likeness (QED) is 0.860. The van der Waals surface area contributed by atoms with Crippen LogP contribution in [-0.4, -0.2) is 28.0 Å². The van der Waals surface area contributed by atoms with E-state index in [0.717, 1.165) is 6.42 Å². The van der Waals surface area contributed by atoms with E-state index in [-0.39, 0.29) is 27.5 Å². The fourth-order valence-electron chi connectivity index (χ4n) is 1.69. The summed E-state index contributed by atoms with van der Waals surface area (Å²) in [6, 6.07) is 4.14. The van der Waals surface area contributed by atoms with E-state index in [1.165, 1.54) is 25.3 Å². The molecule has 0 saturated carbocycles.